The molecule has 0 saturated heterocycles. The molecule has 0 spiro atoms. The summed E-state index contributed by atoms with van der Waals surface area (Å²) in [7, 11) is 0. The molecule has 0 radical (unpaired) electrons. The van der Waals surface area contributed by atoms with E-state index >= 15 is 0 Å². The molecule has 0 N–H and O–H groups in total. The minimum absolute atomic E-state index is 0.284. The maximum Gasteiger partial charge on any atom is 0.164 e. The summed E-state index contributed by atoms with van der Waals surface area (Å²) in [6.45, 7) is 8.74. The van der Waals surface area contributed by atoms with Gasteiger partial charge in [-0.15, -0.1) is 0 Å². The average molecular weight is 200 g/mol. The maximum atomic E-state index is 12.0. The first-order valence-electron chi connectivity index (χ1n) is 5.84. The van der Waals surface area contributed by atoms with Gasteiger partial charge in [-0.25, -0.2) is 0 Å². The van der Waals surface area contributed by atoms with Crippen LogP contribution in [0.3, 0.4) is 0 Å². The second-order valence-electron chi connectivity index (χ2n) is 3.66. The molecule has 0 saturated carbocycles. The first-order valence-corrected chi connectivity index (χ1v) is 5.84. The Labute approximate surface area is 88.0 Å². The zero-order chi connectivity index (χ0) is 11.0. The number of hydrogen-bond acceptors (Lipinski definition) is 2. The van der Waals surface area contributed by atoms with Crippen LogP contribution >= 0.6 is 0 Å². The summed E-state index contributed by atoms with van der Waals surface area (Å²) < 4.78 is 5.64. The molecule has 0 aliphatic carbocycles. The predicted molar refractivity (Wildman–Crippen MR) is 59.5 cm³/mol. The monoisotopic (exact) mass is 200 g/mol. The lowest BCUT2D eigenvalue weighted by molar-refractivity contribution is -0.145. The van der Waals surface area contributed by atoms with Gasteiger partial charge in [-0.3, -0.25) is 4.79 Å². The molecular formula is C12H24O2. The van der Waals surface area contributed by atoms with Gasteiger partial charge in [0.2, 0.25) is 0 Å². The highest BCUT2D eigenvalue weighted by atomic mass is 16.5. The smallest absolute Gasteiger partial charge is 0.164 e. The van der Waals surface area contributed by atoms with Gasteiger partial charge in [0.25, 0.3) is 0 Å². The summed E-state index contributed by atoms with van der Waals surface area (Å²) >= 11 is 0. The fraction of sp³-hybridized carbons (Fsp3) is 0.917. The minimum Gasteiger partial charge on any atom is -0.368 e. The van der Waals surface area contributed by atoms with Gasteiger partial charge >= 0.3 is 0 Å². The summed E-state index contributed by atoms with van der Waals surface area (Å²) in [4.78, 5) is 12.0. The molecule has 2 heteroatoms. The van der Waals surface area contributed by atoms with Crippen molar-refractivity contribution in [1.29, 1.82) is 0 Å². The van der Waals surface area contributed by atoms with Gasteiger partial charge in [0, 0.05) is 13.0 Å². The Balaban J connectivity index is 4.37. The van der Waals surface area contributed by atoms with Crippen molar-refractivity contribution in [2.24, 2.45) is 0 Å². The standard InChI is InChI=1S/C12H24O2/c1-5-9-10-11(13)12(6-2,7-3)14-8-4/h5-10H2,1-4H3. The highest BCUT2D eigenvalue weighted by Crippen LogP contribution is 2.24. The van der Waals surface area contributed by atoms with Crippen molar-refractivity contribution in [3.8, 4) is 0 Å². The second kappa shape index (κ2) is 6.99. The summed E-state index contributed by atoms with van der Waals surface area (Å²) in [5, 5.41) is 0. The molecule has 0 heterocycles. The van der Waals surface area contributed by atoms with Crippen molar-refractivity contribution >= 4 is 5.78 Å². The van der Waals surface area contributed by atoms with E-state index in [9.17, 15) is 4.79 Å². The molecule has 0 aliphatic heterocycles. The molecule has 0 unspecified atom stereocenters. The van der Waals surface area contributed by atoms with Gasteiger partial charge in [0.15, 0.2) is 5.78 Å². The Morgan fingerprint density at radius 2 is 1.71 bits per heavy atom. The molecule has 0 aliphatic rings. The molecule has 0 bridgehead atoms. The zero-order valence-corrected chi connectivity index (χ0v) is 10.1. The van der Waals surface area contributed by atoms with Gasteiger partial charge in [0.1, 0.15) is 5.60 Å². The number of carbonyl (C=O) groups excluding carboxylic acids is 1. The van der Waals surface area contributed by atoms with Crippen molar-refractivity contribution in [3.05, 3.63) is 0 Å². The first kappa shape index (κ1) is 13.6. The third kappa shape index (κ3) is 3.41. The fourth-order valence-electron chi connectivity index (χ4n) is 1.77. The Kier molecular flexibility index (Phi) is 6.81. The lowest BCUT2D eigenvalue weighted by atomic mass is 9.89. The molecule has 0 aromatic rings. The van der Waals surface area contributed by atoms with Gasteiger partial charge in [-0.05, 0) is 26.2 Å². The molecule has 14 heavy (non-hydrogen) atoms. The Hall–Kier alpha value is -0.370. The van der Waals surface area contributed by atoms with Crippen LogP contribution in [0.25, 0.3) is 0 Å². The van der Waals surface area contributed by atoms with Crippen molar-refractivity contribution in [2.75, 3.05) is 6.61 Å². The summed E-state index contributed by atoms with van der Waals surface area (Å²) in [6, 6.07) is 0. The number of rotatable bonds is 8. The number of hydrogen-bond donors (Lipinski definition) is 0. The van der Waals surface area contributed by atoms with E-state index in [0.29, 0.717) is 13.0 Å². The Morgan fingerprint density at radius 1 is 1.14 bits per heavy atom. The lowest BCUT2D eigenvalue weighted by Gasteiger charge is -2.29. The third-order valence-electron chi connectivity index (χ3n) is 2.83. The normalized spacial score (nSPS) is 11.7. The highest BCUT2D eigenvalue weighted by molar-refractivity contribution is 5.87. The van der Waals surface area contributed by atoms with E-state index in [2.05, 4.69) is 6.92 Å². The van der Waals surface area contributed by atoms with Gasteiger partial charge in [0.05, 0.1) is 0 Å². The van der Waals surface area contributed by atoms with Crippen molar-refractivity contribution in [3.63, 3.8) is 0 Å². The molecule has 0 atom stereocenters. The molecule has 0 fully saturated rings. The van der Waals surface area contributed by atoms with Crippen molar-refractivity contribution < 1.29 is 9.53 Å². The second-order valence-corrected chi connectivity index (χ2v) is 3.66. The number of ether oxygens (including phenoxy) is 1. The fourth-order valence-corrected chi connectivity index (χ4v) is 1.77. The van der Waals surface area contributed by atoms with Crippen LogP contribution in [0, 0.1) is 0 Å². The summed E-state index contributed by atoms with van der Waals surface area (Å²) in [5.74, 6) is 0.284. The van der Waals surface area contributed by atoms with Crippen LogP contribution in [0.15, 0.2) is 0 Å². The summed E-state index contributed by atoms with van der Waals surface area (Å²) in [5.41, 5.74) is -0.496. The van der Waals surface area contributed by atoms with E-state index in [1.807, 2.05) is 20.8 Å². The van der Waals surface area contributed by atoms with Crippen LogP contribution in [0.2, 0.25) is 0 Å². The van der Waals surface area contributed by atoms with E-state index in [1.54, 1.807) is 0 Å². The average Bonchev–Trinajstić information content (AvgIpc) is 2.22. The van der Waals surface area contributed by atoms with Crippen molar-refractivity contribution in [2.45, 2.75) is 65.4 Å². The number of carbonyl (C=O) groups is 1. The highest BCUT2D eigenvalue weighted by Gasteiger charge is 2.34. The zero-order valence-electron chi connectivity index (χ0n) is 10.1. The number of ketones is 1. The van der Waals surface area contributed by atoms with E-state index in [1.165, 1.54) is 0 Å². The molecule has 0 aromatic heterocycles. The van der Waals surface area contributed by atoms with E-state index in [0.717, 1.165) is 25.7 Å². The van der Waals surface area contributed by atoms with E-state index < -0.39 is 5.60 Å². The molecule has 0 amide bonds. The van der Waals surface area contributed by atoms with Gasteiger partial charge in [-0.1, -0.05) is 27.2 Å². The first-order chi connectivity index (χ1) is 6.66. The topological polar surface area (TPSA) is 26.3 Å². The van der Waals surface area contributed by atoms with E-state index in [4.69, 9.17) is 4.74 Å². The molecule has 0 rings (SSSR count). The predicted octanol–water partition coefficient (Wildman–Crippen LogP) is 3.34. The number of unbranched alkanes of at least 4 members (excludes halogenated alkanes) is 1. The van der Waals surface area contributed by atoms with Crippen LogP contribution in [0.5, 0.6) is 0 Å². The number of Topliss-reactive ketones (excluding diaryl/α,β-unsaturated/α-hetero) is 1. The summed E-state index contributed by atoms with van der Waals surface area (Å²) in [6.07, 6.45) is 4.30. The van der Waals surface area contributed by atoms with Crippen LogP contribution in [0.4, 0.5) is 0 Å². The lowest BCUT2D eigenvalue weighted by Crippen LogP contribution is -2.40. The van der Waals surface area contributed by atoms with Crippen LogP contribution in [-0.4, -0.2) is 18.0 Å². The third-order valence-corrected chi connectivity index (χ3v) is 2.83. The van der Waals surface area contributed by atoms with Crippen LogP contribution in [0.1, 0.15) is 59.8 Å². The molecule has 84 valence electrons. The maximum absolute atomic E-state index is 12.0. The molecule has 0 aromatic carbocycles. The van der Waals surface area contributed by atoms with E-state index in [-0.39, 0.29) is 5.78 Å². The van der Waals surface area contributed by atoms with Crippen molar-refractivity contribution in [1.82, 2.24) is 0 Å². The SMILES string of the molecule is CCCCC(=O)C(CC)(CC)OCC. The van der Waals surface area contributed by atoms with Gasteiger partial charge in [-0.2, -0.15) is 0 Å². The Bertz CT molecular complexity index is 160. The van der Waals surface area contributed by atoms with Gasteiger partial charge < -0.3 is 4.74 Å². The van der Waals surface area contributed by atoms with Crippen LogP contribution < -0.4 is 0 Å². The van der Waals surface area contributed by atoms with Crippen LogP contribution in [-0.2, 0) is 9.53 Å². The quantitative estimate of drug-likeness (QED) is 0.600. The molecule has 2 nitrogen and oxygen atoms in total. The Morgan fingerprint density at radius 3 is 2.07 bits per heavy atom. The minimum atomic E-state index is -0.496. The largest absolute Gasteiger partial charge is 0.368 e. The molecular weight excluding hydrogens is 176 g/mol.